The number of hydrogen-bond donors (Lipinski definition) is 0. The fraction of sp³-hybridized carbons (Fsp3) is 0.300. The largest absolute Gasteiger partial charge is 0.832 e. The number of nitrogens with zero attached hydrogens (tertiary/aromatic N) is 16. The maximum absolute atomic E-state index is 5.45. The summed E-state index contributed by atoms with van der Waals surface area (Å²) in [4.78, 5) is 41.4. The highest BCUT2D eigenvalue weighted by Gasteiger charge is 2.33. The van der Waals surface area contributed by atoms with Gasteiger partial charge in [-0.2, -0.15) is 0 Å². The standard InChI is InChI=1S/2C10H7BN2O.4C9H6BN3O.12C2H6/c1-2-7-13-9(5-1)8-4-3-6-12-10(8)14-11-13;1-2-5-9-8(4-1)10-12-6-3-7-13(10)11-14-9;1-3-12-9-7-6-11-4-2-8(7)14-10-13(9)5-1;1-3-7-8(11-4-1)9-12-5-2-6-13(9)10-14-7;1-2-4-13-8(3-1)7-5-11-6-12-9(7)14-10-13;1-2-4-13-7(3-1)9-8(14-10-13)5-11-6-12-9;12*1-2/h2*1-7H;4*1-6H;12*1-2H3/q6*+1;;;;;;;;;;;;. The van der Waals surface area contributed by atoms with Crippen LogP contribution in [0.25, 0.3) is 68.2 Å². The quantitative estimate of drug-likeness (QED) is 0.129. The highest BCUT2D eigenvalue weighted by molar-refractivity contribution is 6.20. The minimum atomic E-state index is 0.603. The summed E-state index contributed by atoms with van der Waals surface area (Å²) in [6, 6.07) is 40.7. The molecular weight excluding hydrogens is 1350 g/mol. The minimum absolute atomic E-state index is 0.603. The lowest BCUT2D eigenvalue weighted by molar-refractivity contribution is -0.532. The Labute approximate surface area is 649 Å². The third kappa shape index (κ3) is 27.2. The molecule has 108 heavy (non-hydrogen) atoms. The number of para-hydroxylation sites is 1. The van der Waals surface area contributed by atoms with Crippen LogP contribution in [0.15, 0.2) is 233 Å². The summed E-state index contributed by atoms with van der Waals surface area (Å²) in [6.07, 6.45) is 30.1. The minimum Gasteiger partial charge on any atom is -0.521 e. The Morgan fingerprint density at radius 3 is 1.19 bits per heavy atom. The summed E-state index contributed by atoms with van der Waals surface area (Å²) < 4.78 is 43.5. The molecule has 0 atom stereocenters. The monoisotopic (exact) mass is 1460 g/mol. The van der Waals surface area contributed by atoms with Gasteiger partial charge in [0.25, 0.3) is 0 Å². The Bertz CT molecular complexity index is 3380. The Balaban J connectivity index is 0.000000613. The number of fused-ring (bicyclic) bond motifs is 18. The van der Waals surface area contributed by atoms with Gasteiger partial charge in [0.05, 0.1) is 24.8 Å². The van der Waals surface area contributed by atoms with E-state index in [1.165, 1.54) is 12.7 Å². The molecule has 28 heteroatoms. The van der Waals surface area contributed by atoms with Gasteiger partial charge in [0.1, 0.15) is 89.3 Å². The lowest BCUT2D eigenvalue weighted by atomic mass is 10.1. The molecule has 22 nitrogen and oxygen atoms in total. The number of benzene rings is 1. The third-order valence-corrected chi connectivity index (χ3v) is 12.8. The predicted molar refractivity (Wildman–Crippen MR) is 437 cm³/mol. The molecule has 18 rings (SSSR count). The molecule has 0 amide bonds. The van der Waals surface area contributed by atoms with E-state index >= 15 is 0 Å². The molecule has 0 spiro atoms. The van der Waals surface area contributed by atoms with Crippen LogP contribution in [-0.2, 0) is 0 Å². The van der Waals surface area contributed by atoms with Crippen molar-refractivity contribution in [3.8, 4) is 103 Å². The molecule has 17 heterocycles. The summed E-state index contributed by atoms with van der Waals surface area (Å²) in [6.45, 7) is 48.0. The second kappa shape index (κ2) is 58.9. The van der Waals surface area contributed by atoms with E-state index in [0.29, 0.717) is 17.5 Å². The fourth-order valence-electron chi connectivity index (χ4n) is 8.89. The molecule has 0 aliphatic carbocycles. The van der Waals surface area contributed by atoms with Gasteiger partial charge in [-0.1, -0.05) is 188 Å². The fourth-order valence-corrected chi connectivity index (χ4v) is 8.89. The van der Waals surface area contributed by atoms with Gasteiger partial charge in [0, 0.05) is 67.4 Å². The third-order valence-electron chi connectivity index (χ3n) is 12.8. The average molecular weight is 1460 g/mol. The first-order valence-electron chi connectivity index (χ1n) is 37.8. The van der Waals surface area contributed by atoms with Gasteiger partial charge in [-0.3, -0.25) is 18.4 Å². The van der Waals surface area contributed by atoms with Crippen LogP contribution in [0.3, 0.4) is 0 Å². The van der Waals surface area contributed by atoms with Crippen molar-refractivity contribution >= 4 is 45.7 Å². The van der Waals surface area contributed by atoms with E-state index in [0.717, 1.165) is 85.4 Å². The zero-order valence-corrected chi connectivity index (χ0v) is 68.0. The van der Waals surface area contributed by atoms with Gasteiger partial charge in [0.2, 0.25) is 17.5 Å². The molecule has 12 aromatic rings. The van der Waals surface area contributed by atoms with Gasteiger partial charge in [-0.05, 0) is 83.8 Å². The van der Waals surface area contributed by atoms with Gasteiger partial charge < -0.3 is 27.9 Å². The molecular formula is C80H110B6N16O6+6. The van der Waals surface area contributed by atoms with Gasteiger partial charge >= 0.3 is 63.2 Å². The maximum Gasteiger partial charge on any atom is 0.832 e. The maximum atomic E-state index is 5.45. The molecule has 6 aliphatic heterocycles. The van der Waals surface area contributed by atoms with Crippen LogP contribution in [-0.4, -0.2) is 95.5 Å². The molecule has 0 unspecified atom stereocenters. The van der Waals surface area contributed by atoms with E-state index in [-0.39, 0.29) is 0 Å². The first kappa shape index (κ1) is 94.7. The van der Waals surface area contributed by atoms with Gasteiger partial charge in [0.15, 0.2) is 28.5 Å². The molecule has 6 radical (unpaired) electrons. The summed E-state index contributed by atoms with van der Waals surface area (Å²) in [5, 5.41) is 0. The predicted octanol–water partition coefficient (Wildman–Crippen LogP) is 14.8. The smallest absolute Gasteiger partial charge is 0.521 e. The van der Waals surface area contributed by atoms with E-state index in [1.807, 2.05) is 353 Å². The summed E-state index contributed by atoms with van der Waals surface area (Å²) in [7, 11) is 9.83. The summed E-state index contributed by atoms with van der Waals surface area (Å²) in [5.74, 6) is 6.91. The van der Waals surface area contributed by atoms with Crippen molar-refractivity contribution in [1.82, 2.24) is 49.8 Å². The van der Waals surface area contributed by atoms with E-state index < -0.39 is 0 Å². The van der Waals surface area contributed by atoms with Crippen LogP contribution in [0.5, 0.6) is 34.8 Å². The molecule has 11 aromatic heterocycles. The molecule has 0 N–H and O–H groups in total. The van der Waals surface area contributed by atoms with Crippen molar-refractivity contribution in [3.63, 3.8) is 0 Å². The van der Waals surface area contributed by atoms with E-state index in [1.54, 1.807) is 106 Å². The number of aromatic nitrogens is 16. The van der Waals surface area contributed by atoms with Crippen molar-refractivity contribution < 1.29 is 54.8 Å². The molecule has 0 fully saturated rings. The Morgan fingerprint density at radius 1 is 0.231 bits per heavy atom. The van der Waals surface area contributed by atoms with E-state index in [4.69, 9.17) is 27.9 Å². The van der Waals surface area contributed by atoms with Crippen molar-refractivity contribution in [2.24, 2.45) is 0 Å². The van der Waals surface area contributed by atoms with Crippen LogP contribution in [0, 0.1) is 0 Å². The molecule has 0 saturated heterocycles. The van der Waals surface area contributed by atoms with Crippen LogP contribution < -0.4 is 54.8 Å². The normalized spacial score (nSPS) is 10.0. The van der Waals surface area contributed by atoms with Gasteiger partial charge in [-0.15, -0.1) is 0 Å². The first-order valence-corrected chi connectivity index (χ1v) is 37.8. The topological polar surface area (TPSA) is 208 Å². The van der Waals surface area contributed by atoms with Crippen LogP contribution in [0.2, 0.25) is 0 Å². The Morgan fingerprint density at radius 2 is 0.602 bits per heavy atom. The molecule has 0 saturated carbocycles. The number of pyridine rings is 6. The van der Waals surface area contributed by atoms with Crippen molar-refractivity contribution in [3.05, 3.63) is 233 Å². The summed E-state index contributed by atoms with van der Waals surface area (Å²) in [5.41, 5.74) is 8.61. The lowest BCUT2D eigenvalue weighted by Gasteiger charge is -2.12. The molecule has 1 aromatic carbocycles. The zero-order chi connectivity index (χ0) is 80.3. The highest BCUT2D eigenvalue weighted by Crippen LogP contribution is 2.31. The Kier molecular flexibility index (Phi) is 51.7. The lowest BCUT2D eigenvalue weighted by Crippen LogP contribution is -2.48. The zero-order valence-electron chi connectivity index (χ0n) is 68.0. The first-order chi connectivity index (χ1) is 53.7. The molecule has 0 bridgehead atoms. The van der Waals surface area contributed by atoms with Crippen molar-refractivity contribution in [1.29, 1.82) is 0 Å². The summed E-state index contributed by atoms with van der Waals surface area (Å²) >= 11 is 0. The van der Waals surface area contributed by atoms with E-state index in [9.17, 15) is 0 Å². The van der Waals surface area contributed by atoms with Crippen LogP contribution in [0.1, 0.15) is 166 Å². The van der Waals surface area contributed by atoms with Gasteiger partial charge in [-0.25, -0.2) is 43.3 Å². The Hall–Kier alpha value is -11.3. The molecule has 6 aliphatic rings. The second-order valence-electron chi connectivity index (χ2n) is 17.9. The van der Waals surface area contributed by atoms with Crippen molar-refractivity contribution in [2.75, 3.05) is 0 Å². The van der Waals surface area contributed by atoms with Crippen molar-refractivity contribution in [2.45, 2.75) is 166 Å². The van der Waals surface area contributed by atoms with E-state index in [2.05, 4.69) is 49.8 Å². The highest BCUT2D eigenvalue weighted by atomic mass is 16.5. The molecule has 558 valence electrons. The van der Waals surface area contributed by atoms with Crippen LogP contribution in [0.4, 0.5) is 0 Å². The average Bonchev–Trinajstić information content (AvgIpc) is 0.846. The SMILES string of the molecule is CC.CC.CC.CC.CC.CC.CC.CC.CC.CC.CC.CC.[B]1Oc2ccccc2-c2nccc[n+]21.[B]1Oc2cccnc2-c2nccc[n+]21.[B]1Oc2ccncc2-c2nccc[n+]21.[B]1Oc2cncnc2-c2cccc[n+]21.[B]1Oc2ncccc2-c2cccc[n+]21.[B]1Oc2ncncc2-c2cccc[n+]21. The second-order valence-corrected chi connectivity index (χ2v) is 17.9. The number of hydrogen-bond acceptors (Lipinski definition) is 16. The number of rotatable bonds is 0. The van der Waals surface area contributed by atoms with Crippen LogP contribution >= 0.6 is 0 Å².